The molecule has 2 N–H and O–H groups in total. The van der Waals surface area contributed by atoms with Crippen molar-refractivity contribution >= 4 is 7.82 Å². The predicted molar refractivity (Wildman–Crippen MR) is 51.3 cm³/mol. The topological polar surface area (TPSA) is 66.8 Å². The van der Waals surface area contributed by atoms with Crippen molar-refractivity contribution in [1.29, 1.82) is 0 Å². The molecular formula is C8H19O4P. The summed E-state index contributed by atoms with van der Waals surface area (Å²) in [5, 5.41) is 0. The number of phosphoric acid groups is 1. The van der Waals surface area contributed by atoms with Gasteiger partial charge in [0.1, 0.15) is 0 Å². The standard InChI is InChI=1S/C8H19O4P/c1-4-8(2,3)6-5-7-12-13(9,10)11/h4-7H2,1-3H3,(H2,9,10,11). The second-order valence-electron chi connectivity index (χ2n) is 3.95. The molecule has 0 aliphatic rings. The molecule has 0 fully saturated rings. The van der Waals surface area contributed by atoms with Crippen LogP contribution in [0.15, 0.2) is 0 Å². The van der Waals surface area contributed by atoms with E-state index in [9.17, 15) is 4.57 Å². The molecular weight excluding hydrogens is 191 g/mol. The molecule has 0 saturated heterocycles. The molecule has 0 aromatic carbocycles. The maximum Gasteiger partial charge on any atom is 0.469 e. The van der Waals surface area contributed by atoms with E-state index >= 15 is 0 Å². The van der Waals surface area contributed by atoms with Gasteiger partial charge in [0.25, 0.3) is 0 Å². The van der Waals surface area contributed by atoms with Crippen molar-refractivity contribution in [3.05, 3.63) is 0 Å². The van der Waals surface area contributed by atoms with Gasteiger partial charge in [0.05, 0.1) is 6.61 Å². The Morgan fingerprint density at radius 1 is 1.38 bits per heavy atom. The van der Waals surface area contributed by atoms with E-state index in [0.29, 0.717) is 6.42 Å². The van der Waals surface area contributed by atoms with E-state index < -0.39 is 7.82 Å². The van der Waals surface area contributed by atoms with Gasteiger partial charge in [-0.2, -0.15) is 0 Å². The molecule has 0 heterocycles. The summed E-state index contributed by atoms with van der Waals surface area (Å²) in [4.78, 5) is 16.8. The number of hydrogen-bond donors (Lipinski definition) is 2. The minimum absolute atomic E-state index is 0.133. The molecule has 0 radical (unpaired) electrons. The van der Waals surface area contributed by atoms with Crippen molar-refractivity contribution in [2.75, 3.05) is 6.61 Å². The molecule has 0 aliphatic heterocycles. The lowest BCUT2D eigenvalue weighted by molar-refractivity contribution is 0.181. The van der Waals surface area contributed by atoms with Crippen LogP contribution in [-0.4, -0.2) is 16.4 Å². The fraction of sp³-hybridized carbons (Fsp3) is 1.00. The van der Waals surface area contributed by atoms with E-state index in [1.165, 1.54) is 0 Å². The van der Waals surface area contributed by atoms with E-state index in [1.807, 2.05) is 0 Å². The second kappa shape index (κ2) is 5.11. The summed E-state index contributed by atoms with van der Waals surface area (Å²) < 4.78 is 14.6. The van der Waals surface area contributed by atoms with E-state index in [-0.39, 0.29) is 12.0 Å². The van der Waals surface area contributed by atoms with E-state index in [4.69, 9.17) is 9.79 Å². The summed E-state index contributed by atoms with van der Waals surface area (Å²) in [5.41, 5.74) is 0.234. The average Bonchev–Trinajstić information content (AvgIpc) is 1.97. The lowest BCUT2D eigenvalue weighted by atomic mass is 9.85. The van der Waals surface area contributed by atoms with Crippen LogP contribution in [0.3, 0.4) is 0 Å². The Hall–Kier alpha value is 0.110. The smallest absolute Gasteiger partial charge is 0.303 e. The Balaban J connectivity index is 3.52. The van der Waals surface area contributed by atoms with Crippen LogP contribution < -0.4 is 0 Å². The predicted octanol–water partition coefficient (Wildman–Crippen LogP) is 2.31. The molecule has 13 heavy (non-hydrogen) atoms. The molecule has 0 bridgehead atoms. The van der Waals surface area contributed by atoms with Crippen molar-refractivity contribution < 1.29 is 18.9 Å². The summed E-state index contributed by atoms with van der Waals surface area (Å²) in [6, 6.07) is 0. The van der Waals surface area contributed by atoms with Crippen molar-refractivity contribution in [2.45, 2.75) is 40.0 Å². The first-order valence-electron chi connectivity index (χ1n) is 4.47. The summed E-state index contributed by atoms with van der Waals surface area (Å²) >= 11 is 0. The van der Waals surface area contributed by atoms with Crippen molar-refractivity contribution in [2.24, 2.45) is 5.41 Å². The first-order valence-corrected chi connectivity index (χ1v) is 6.00. The fourth-order valence-electron chi connectivity index (χ4n) is 0.911. The third-order valence-corrected chi connectivity index (χ3v) is 2.73. The Morgan fingerprint density at radius 3 is 2.31 bits per heavy atom. The number of hydrogen-bond acceptors (Lipinski definition) is 2. The van der Waals surface area contributed by atoms with Gasteiger partial charge in [-0.3, -0.25) is 4.52 Å². The highest BCUT2D eigenvalue weighted by atomic mass is 31.2. The zero-order valence-electron chi connectivity index (χ0n) is 8.49. The second-order valence-corrected chi connectivity index (χ2v) is 5.18. The highest BCUT2D eigenvalue weighted by molar-refractivity contribution is 7.46. The zero-order valence-corrected chi connectivity index (χ0v) is 9.38. The third-order valence-electron chi connectivity index (χ3n) is 2.21. The van der Waals surface area contributed by atoms with Crippen molar-refractivity contribution in [3.63, 3.8) is 0 Å². The molecule has 0 aromatic rings. The van der Waals surface area contributed by atoms with Gasteiger partial charge in [0, 0.05) is 0 Å². The normalized spacial score (nSPS) is 13.3. The molecule has 0 amide bonds. The minimum atomic E-state index is -4.26. The molecule has 0 spiro atoms. The molecule has 0 rings (SSSR count). The first-order chi connectivity index (χ1) is 5.77. The van der Waals surface area contributed by atoms with E-state index in [2.05, 4.69) is 25.3 Å². The van der Waals surface area contributed by atoms with Crippen LogP contribution in [0.4, 0.5) is 0 Å². The van der Waals surface area contributed by atoms with E-state index in [1.54, 1.807) is 0 Å². The van der Waals surface area contributed by atoms with Crippen LogP contribution in [-0.2, 0) is 9.09 Å². The highest BCUT2D eigenvalue weighted by Crippen LogP contribution is 2.36. The van der Waals surface area contributed by atoms with Crippen LogP contribution in [0, 0.1) is 5.41 Å². The maximum atomic E-state index is 10.3. The molecule has 0 saturated carbocycles. The Bertz CT molecular complexity index is 185. The summed E-state index contributed by atoms with van der Waals surface area (Å²) in [6.45, 7) is 6.49. The van der Waals surface area contributed by atoms with Crippen molar-refractivity contribution in [3.8, 4) is 0 Å². The van der Waals surface area contributed by atoms with Gasteiger partial charge in [-0.05, 0) is 18.3 Å². The van der Waals surface area contributed by atoms with Gasteiger partial charge < -0.3 is 9.79 Å². The van der Waals surface area contributed by atoms with Crippen LogP contribution in [0.25, 0.3) is 0 Å². The monoisotopic (exact) mass is 210 g/mol. The van der Waals surface area contributed by atoms with Gasteiger partial charge in [0.15, 0.2) is 0 Å². The summed E-state index contributed by atoms with van der Waals surface area (Å²) in [6.07, 6.45) is 2.67. The Morgan fingerprint density at radius 2 is 1.92 bits per heavy atom. The highest BCUT2D eigenvalue weighted by Gasteiger charge is 2.17. The fourth-order valence-corrected chi connectivity index (χ4v) is 1.28. The molecule has 4 nitrogen and oxygen atoms in total. The van der Waals surface area contributed by atoms with Crippen LogP contribution in [0.1, 0.15) is 40.0 Å². The zero-order chi connectivity index (χ0) is 10.5. The van der Waals surface area contributed by atoms with Crippen LogP contribution in [0.2, 0.25) is 0 Å². The first kappa shape index (κ1) is 13.1. The molecule has 0 unspecified atom stereocenters. The average molecular weight is 210 g/mol. The molecule has 0 aliphatic carbocycles. The molecule has 0 aromatic heterocycles. The Labute approximate surface area is 79.5 Å². The van der Waals surface area contributed by atoms with Crippen molar-refractivity contribution in [1.82, 2.24) is 0 Å². The van der Waals surface area contributed by atoms with Gasteiger partial charge >= 0.3 is 7.82 Å². The number of rotatable bonds is 6. The largest absolute Gasteiger partial charge is 0.469 e. The SMILES string of the molecule is CCC(C)(C)CCCOP(=O)(O)O. The molecule has 80 valence electrons. The van der Waals surface area contributed by atoms with Crippen LogP contribution >= 0.6 is 7.82 Å². The summed E-state index contributed by atoms with van der Waals surface area (Å²) in [5.74, 6) is 0. The van der Waals surface area contributed by atoms with Gasteiger partial charge in [-0.15, -0.1) is 0 Å². The Kier molecular flexibility index (Phi) is 5.15. The lowest BCUT2D eigenvalue weighted by Crippen LogP contribution is -2.10. The summed E-state index contributed by atoms with van der Waals surface area (Å²) in [7, 11) is -4.26. The quantitative estimate of drug-likeness (QED) is 0.521. The van der Waals surface area contributed by atoms with Gasteiger partial charge in [-0.1, -0.05) is 27.2 Å². The molecule has 5 heteroatoms. The lowest BCUT2D eigenvalue weighted by Gasteiger charge is -2.22. The third kappa shape index (κ3) is 8.44. The minimum Gasteiger partial charge on any atom is -0.303 e. The van der Waals surface area contributed by atoms with Crippen LogP contribution in [0.5, 0.6) is 0 Å². The van der Waals surface area contributed by atoms with E-state index in [0.717, 1.165) is 12.8 Å². The van der Waals surface area contributed by atoms with Gasteiger partial charge in [0.2, 0.25) is 0 Å². The maximum absolute atomic E-state index is 10.3. The van der Waals surface area contributed by atoms with Gasteiger partial charge in [-0.25, -0.2) is 4.57 Å². The molecule has 0 atom stereocenters. The number of phosphoric ester groups is 1.